The van der Waals surface area contributed by atoms with Gasteiger partial charge in [-0.25, -0.2) is 9.97 Å². The molecule has 0 fully saturated rings. The van der Waals surface area contributed by atoms with E-state index in [0.717, 1.165) is 28.3 Å². The molecule has 0 saturated heterocycles. The summed E-state index contributed by atoms with van der Waals surface area (Å²) in [7, 11) is 0. The van der Waals surface area contributed by atoms with Crippen LogP contribution in [0.4, 0.5) is 5.82 Å². The molecule has 3 rings (SSSR count). The van der Waals surface area contributed by atoms with Crippen molar-refractivity contribution in [3.63, 3.8) is 0 Å². The maximum absolute atomic E-state index is 11.1. The summed E-state index contributed by atoms with van der Waals surface area (Å²) in [5.74, 6) is 0.483. The quantitative estimate of drug-likeness (QED) is 0.753. The standard InChI is InChI=1S/C12H11N5OS/c13-11-2-1-8(3-15-11)10-4-14-7-17(10)5-9-6-19-12(18)16-9/h1-4,6-7H,5H2,(H2,13,15)(H,16,18). The first-order valence-electron chi connectivity index (χ1n) is 5.61. The average molecular weight is 273 g/mol. The van der Waals surface area contributed by atoms with Gasteiger partial charge in [0.2, 0.25) is 0 Å². The van der Waals surface area contributed by atoms with Gasteiger partial charge in [-0.15, -0.1) is 0 Å². The Kier molecular flexibility index (Phi) is 2.88. The van der Waals surface area contributed by atoms with Crippen molar-refractivity contribution in [2.75, 3.05) is 5.73 Å². The Morgan fingerprint density at radius 2 is 2.26 bits per heavy atom. The Labute approximate surface area is 112 Å². The van der Waals surface area contributed by atoms with Crippen LogP contribution in [0.5, 0.6) is 0 Å². The first kappa shape index (κ1) is 11.7. The SMILES string of the molecule is Nc1ccc(-c2cncn2Cc2csc(=O)[nH]2)cn1. The first-order valence-corrected chi connectivity index (χ1v) is 6.49. The zero-order chi connectivity index (χ0) is 13.2. The summed E-state index contributed by atoms with van der Waals surface area (Å²) in [4.78, 5) is 22.1. The zero-order valence-electron chi connectivity index (χ0n) is 9.91. The third-order valence-electron chi connectivity index (χ3n) is 2.71. The van der Waals surface area contributed by atoms with Crippen LogP contribution < -0.4 is 10.6 Å². The second kappa shape index (κ2) is 4.69. The molecule has 0 atom stereocenters. The minimum Gasteiger partial charge on any atom is -0.384 e. The van der Waals surface area contributed by atoms with Gasteiger partial charge in [-0.3, -0.25) is 4.79 Å². The average Bonchev–Trinajstić information content (AvgIpc) is 3.00. The molecular formula is C12H11N5OS. The molecule has 3 aromatic heterocycles. The number of nitrogens with two attached hydrogens (primary N) is 1. The Bertz CT molecular complexity index is 740. The molecule has 0 aliphatic carbocycles. The predicted molar refractivity (Wildman–Crippen MR) is 73.9 cm³/mol. The van der Waals surface area contributed by atoms with Gasteiger partial charge < -0.3 is 15.3 Å². The van der Waals surface area contributed by atoms with Crippen LogP contribution in [0, 0.1) is 0 Å². The van der Waals surface area contributed by atoms with E-state index in [9.17, 15) is 4.79 Å². The van der Waals surface area contributed by atoms with E-state index in [0.29, 0.717) is 12.4 Å². The Hall–Kier alpha value is -2.41. The number of rotatable bonds is 3. The van der Waals surface area contributed by atoms with Crippen LogP contribution in [0.1, 0.15) is 5.69 Å². The van der Waals surface area contributed by atoms with Crippen LogP contribution >= 0.6 is 11.3 Å². The van der Waals surface area contributed by atoms with Crippen LogP contribution in [0.15, 0.2) is 41.0 Å². The number of aromatic amines is 1. The number of imidazole rings is 1. The first-order chi connectivity index (χ1) is 9.22. The molecule has 0 unspecified atom stereocenters. The molecular weight excluding hydrogens is 262 g/mol. The zero-order valence-corrected chi connectivity index (χ0v) is 10.7. The van der Waals surface area contributed by atoms with Gasteiger partial charge in [0.05, 0.1) is 24.8 Å². The number of H-pyrrole nitrogens is 1. The number of nitrogens with one attached hydrogen (secondary N) is 1. The van der Waals surface area contributed by atoms with Crippen molar-refractivity contribution in [2.24, 2.45) is 0 Å². The van der Waals surface area contributed by atoms with Crippen molar-refractivity contribution >= 4 is 17.2 Å². The third kappa shape index (κ3) is 2.41. The number of nitrogens with zero attached hydrogens (tertiary/aromatic N) is 3. The van der Waals surface area contributed by atoms with Crippen molar-refractivity contribution in [2.45, 2.75) is 6.54 Å². The maximum atomic E-state index is 11.1. The fourth-order valence-corrected chi connectivity index (χ4v) is 2.39. The molecule has 0 saturated carbocycles. The second-order valence-corrected chi connectivity index (χ2v) is 4.89. The van der Waals surface area contributed by atoms with Gasteiger partial charge in [0.25, 0.3) is 0 Å². The number of thiazole rings is 1. The molecule has 0 aromatic carbocycles. The van der Waals surface area contributed by atoms with Gasteiger partial charge in [-0.1, -0.05) is 11.3 Å². The monoisotopic (exact) mass is 273 g/mol. The summed E-state index contributed by atoms with van der Waals surface area (Å²) in [5.41, 5.74) is 8.30. The lowest BCUT2D eigenvalue weighted by Crippen LogP contribution is -2.03. The lowest BCUT2D eigenvalue weighted by Gasteiger charge is -2.06. The number of nitrogen functional groups attached to an aromatic ring is 1. The molecule has 96 valence electrons. The van der Waals surface area contributed by atoms with Gasteiger partial charge >= 0.3 is 4.87 Å². The summed E-state index contributed by atoms with van der Waals surface area (Å²) in [5, 5.41) is 1.81. The van der Waals surface area contributed by atoms with Gasteiger partial charge in [-0.05, 0) is 12.1 Å². The highest BCUT2D eigenvalue weighted by Gasteiger charge is 2.07. The highest BCUT2D eigenvalue weighted by molar-refractivity contribution is 7.07. The molecule has 3 heterocycles. The molecule has 3 N–H and O–H groups in total. The van der Waals surface area contributed by atoms with Crippen molar-refractivity contribution in [3.8, 4) is 11.3 Å². The highest BCUT2D eigenvalue weighted by Crippen LogP contribution is 2.19. The van der Waals surface area contributed by atoms with Gasteiger partial charge in [0.1, 0.15) is 5.82 Å². The summed E-state index contributed by atoms with van der Waals surface area (Å²) < 4.78 is 1.95. The van der Waals surface area contributed by atoms with Crippen LogP contribution in [0.25, 0.3) is 11.3 Å². The molecule has 0 aliphatic rings. The lowest BCUT2D eigenvalue weighted by atomic mass is 10.2. The van der Waals surface area contributed by atoms with Crippen LogP contribution in [-0.4, -0.2) is 19.5 Å². The van der Waals surface area contributed by atoms with E-state index >= 15 is 0 Å². The summed E-state index contributed by atoms with van der Waals surface area (Å²) >= 11 is 1.16. The Morgan fingerprint density at radius 1 is 1.37 bits per heavy atom. The van der Waals surface area contributed by atoms with Crippen LogP contribution in [0.3, 0.4) is 0 Å². The molecule has 7 heteroatoms. The number of pyridine rings is 1. The Morgan fingerprint density at radius 3 is 2.95 bits per heavy atom. The molecule has 0 amide bonds. The second-order valence-electron chi connectivity index (χ2n) is 4.05. The predicted octanol–water partition coefficient (Wildman–Crippen LogP) is 1.33. The minimum absolute atomic E-state index is 0.0502. The van der Waals surface area contributed by atoms with E-state index in [1.807, 2.05) is 16.0 Å². The molecule has 3 aromatic rings. The number of anilines is 1. The van der Waals surface area contributed by atoms with Gasteiger partial charge in [-0.2, -0.15) is 0 Å². The molecule has 0 bridgehead atoms. The molecule has 0 spiro atoms. The van der Waals surface area contributed by atoms with Crippen molar-refractivity contribution in [1.82, 2.24) is 19.5 Å². The van der Waals surface area contributed by atoms with Crippen LogP contribution in [-0.2, 0) is 6.54 Å². The van der Waals surface area contributed by atoms with Gasteiger partial charge in [0.15, 0.2) is 0 Å². The minimum atomic E-state index is -0.0502. The third-order valence-corrected chi connectivity index (χ3v) is 3.42. The molecule has 6 nitrogen and oxygen atoms in total. The largest absolute Gasteiger partial charge is 0.384 e. The van der Waals surface area contributed by atoms with Crippen molar-refractivity contribution in [3.05, 3.63) is 51.6 Å². The molecule has 0 aliphatic heterocycles. The number of hydrogen-bond donors (Lipinski definition) is 2. The maximum Gasteiger partial charge on any atom is 0.304 e. The van der Waals surface area contributed by atoms with E-state index in [1.165, 1.54) is 0 Å². The number of hydrogen-bond acceptors (Lipinski definition) is 5. The van der Waals surface area contributed by atoms with E-state index in [2.05, 4.69) is 15.0 Å². The fraction of sp³-hybridized carbons (Fsp3) is 0.0833. The number of aromatic nitrogens is 4. The van der Waals surface area contributed by atoms with E-state index in [-0.39, 0.29) is 4.87 Å². The molecule has 19 heavy (non-hydrogen) atoms. The summed E-state index contributed by atoms with van der Waals surface area (Å²) in [6, 6.07) is 3.64. The summed E-state index contributed by atoms with van der Waals surface area (Å²) in [6.07, 6.45) is 5.19. The van der Waals surface area contributed by atoms with E-state index < -0.39 is 0 Å². The Balaban J connectivity index is 1.94. The van der Waals surface area contributed by atoms with Crippen molar-refractivity contribution in [1.29, 1.82) is 0 Å². The molecule has 0 radical (unpaired) electrons. The fourth-order valence-electron chi connectivity index (χ4n) is 1.82. The van der Waals surface area contributed by atoms with Crippen LogP contribution in [0.2, 0.25) is 0 Å². The normalized spacial score (nSPS) is 10.7. The van der Waals surface area contributed by atoms with Gasteiger partial charge in [0, 0.05) is 22.8 Å². The van der Waals surface area contributed by atoms with Crippen molar-refractivity contribution < 1.29 is 0 Å². The highest BCUT2D eigenvalue weighted by atomic mass is 32.1. The van der Waals surface area contributed by atoms with E-state index in [1.54, 1.807) is 24.8 Å². The summed E-state index contributed by atoms with van der Waals surface area (Å²) in [6.45, 7) is 0.568. The van der Waals surface area contributed by atoms with E-state index in [4.69, 9.17) is 5.73 Å². The topological polar surface area (TPSA) is 89.6 Å². The smallest absolute Gasteiger partial charge is 0.304 e. The lowest BCUT2D eigenvalue weighted by molar-refractivity contribution is 0.783.